The number of carbonyl (C=O) groups excluding carboxylic acids is 1. The number of nitrogens with one attached hydrogen (secondary N) is 2. The average Bonchev–Trinajstić information content (AvgIpc) is 2.64. The summed E-state index contributed by atoms with van der Waals surface area (Å²) < 4.78 is 0.761. The molecule has 0 aliphatic heterocycles. The Hall–Kier alpha value is -1.33. The zero-order valence-electron chi connectivity index (χ0n) is 9.84. The smallest absolute Gasteiger partial charge is 0.255 e. The van der Waals surface area contributed by atoms with Crippen LogP contribution in [0.5, 0.6) is 0 Å². The molecule has 1 amide bonds. The zero-order valence-corrected chi connectivity index (χ0v) is 12.2. The van der Waals surface area contributed by atoms with Crippen LogP contribution in [0.4, 0.5) is 5.69 Å². The van der Waals surface area contributed by atoms with E-state index < -0.39 is 0 Å². The summed E-state index contributed by atoms with van der Waals surface area (Å²) in [5.41, 5.74) is 2.79. The SMILES string of the molecule is Cc1n[nH]c(C)c1NC(=O)c1ccc(Br)c(Cl)c1. The highest BCUT2D eigenvalue weighted by atomic mass is 79.9. The van der Waals surface area contributed by atoms with Gasteiger partial charge in [-0.1, -0.05) is 11.6 Å². The van der Waals surface area contributed by atoms with E-state index in [9.17, 15) is 4.79 Å². The number of aromatic nitrogens is 2. The number of halogens is 2. The van der Waals surface area contributed by atoms with E-state index in [2.05, 4.69) is 31.4 Å². The summed E-state index contributed by atoms with van der Waals surface area (Å²) in [5, 5.41) is 10.2. The van der Waals surface area contributed by atoms with Gasteiger partial charge in [0.25, 0.3) is 5.91 Å². The number of carbonyl (C=O) groups is 1. The molecule has 0 spiro atoms. The largest absolute Gasteiger partial charge is 0.319 e. The van der Waals surface area contributed by atoms with E-state index in [1.165, 1.54) is 0 Å². The second-order valence-corrected chi connectivity index (χ2v) is 5.15. The van der Waals surface area contributed by atoms with Crippen LogP contribution in [0, 0.1) is 13.8 Å². The molecule has 1 heterocycles. The first-order valence-electron chi connectivity index (χ1n) is 5.27. The van der Waals surface area contributed by atoms with Crippen LogP contribution >= 0.6 is 27.5 Å². The van der Waals surface area contributed by atoms with Gasteiger partial charge in [0.15, 0.2) is 0 Å². The number of nitrogens with zero attached hydrogens (tertiary/aromatic N) is 1. The molecule has 4 nitrogen and oxygen atoms in total. The minimum atomic E-state index is -0.211. The van der Waals surface area contributed by atoms with E-state index in [0.29, 0.717) is 16.3 Å². The van der Waals surface area contributed by atoms with E-state index in [4.69, 9.17) is 11.6 Å². The maximum Gasteiger partial charge on any atom is 0.255 e. The Balaban J connectivity index is 2.25. The van der Waals surface area contributed by atoms with E-state index in [-0.39, 0.29) is 5.91 Å². The fraction of sp³-hybridized carbons (Fsp3) is 0.167. The Kier molecular flexibility index (Phi) is 3.73. The van der Waals surface area contributed by atoms with Crippen molar-refractivity contribution in [2.75, 3.05) is 5.32 Å². The van der Waals surface area contributed by atoms with Crippen molar-refractivity contribution in [3.8, 4) is 0 Å². The lowest BCUT2D eigenvalue weighted by atomic mass is 10.2. The van der Waals surface area contributed by atoms with Crippen molar-refractivity contribution in [3.05, 3.63) is 44.6 Å². The highest BCUT2D eigenvalue weighted by Crippen LogP contribution is 2.24. The summed E-state index contributed by atoms with van der Waals surface area (Å²) in [6.07, 6.45) is 0. The van der Waals surface area contributed by atoms with Crippen LogP contribution in [0.2, 0.25) is 5.02 Å². The number of anilines is 1. The molecule has 0 atom stereocenters. The Bertz CT molecular complexity index is 590. The minimum Gasteiger partial charge on any atom is -0.319 e. The molecular formula is C12H11BrClN3O. The van der Waals surface area contributed by atoms with E-state index >= 15 is 0 Å². The molecule has 0 aliphatic carbocycles. The molecule has 2 N–H and O–H groups in total. The number of hydrogen-bond acceptors (Lipinski definition) is 2. The van der Waals surface area contributed by atoms with Crippen LogP contribution in [0.15, 0.2) is 22.7 Å². The number of H-pyrrole nitrogens is 1. The van der Waals surface area contributed by atoms with Crippen LogP contribution in [0.1, 0.15) is 21.7 Å². The number of aryl methyl sites for hydroxylation is 2. The van der Waals surface area contributed by atoms with Crippen molar-refractivity contribution in [3.63, 3.8) is 0 Å². The molecule has 94 valence electrons. The summed E-state index contributed by atoms with van der Waals surface area (Å²) in [5.74, 6) is -0.211. The van der Waals surface area contributed by atoms with Gasteiger partial charge in [-0.25, -0.2) is 0 Å². The summed E-state index contributed by atoms with van der Waals surface area (Å²) in [4.78, 5) is 12.1. The summed E-state index contributed by atoms with van der Waals surface area (Å²) in [7, 11) is 0. The van der Waals surface area contributed by atoms with Crippen LogP contribution < -0.4 is 5.32 Å². The standard InChI is InChI=1S/C12H11BrClN3O/c1-6-11(7(2)17-16-6)15-12(18)8-3-4-9(13)10(14)5-8/h3-5H,1-2H3,(H,15,18)(H,16,17). The third kappa shape index (κ3) is 2.57. The van der Waals surface area contributed by atoms with E-state index in [0.717, 1.165) is 15.9 Å². The zero-order chi connectivity index (χ0) is 13.3. The quantitative estimate of drug-likeness (QED) is 0.883. The van der Waals surface area contributed by atoms with Gasteiger partial charge in [0, 0.05) is 10.0 Å². The Labute approximate surface area is 118 Å². The van der Waals surface area contributed by atoms with Gasteiger partial charge in [0.1, 0.15) is 0 Å². The maximum absolute atomic E-state index is 12.1. The molecule has 0 saturated heterocycles. The minimum absolute atomic E-state index is 0.211. The predicted octanol–water partition coefficient (Wildman–Crippen LogP) is 3.69. The van der Waals surface area contributed by atoms with Gasteiger partial charge in [-0.15, -0.1) is 0 Å². The van der Waals surface area contributed by atoms with Gasteiger partial charge in [-0.3, -0.25) is 9.89 Å². The van der Waals surface area contributed by atoms with Gasteiger partial charge in [-0.2, -0.15) is 5.10 Å². The Morgan fingerprint density at radius 3 is 2.72 bits per heavy atom. The lowest BCUT2D eigenvalue weighted by Gasteiger charge is -2.06. The number of benzene rings is 1. The van der Waals surface area contributed by atoms with Gasteiger partial charge in [-0.05, 0) is 48.0 Å². The molecule has 6 heteroatoms. The number of aromatic amines is 1. The molecule has 1 aromatic heterocycles. The van der Waals surface area contributed by atoms with Crippen molar-refractivity contribution in [2.45, 2.75) is 13.8 Å². The van der Waals surface area contributed by atoms with Crippen molar-refractivity contribution in [2.24, 2.45) is 0 Å². The van der Waals surface area contributed by atoms with Crippen LogP contribution in [0.25, 0.3) is 0 Å². The monoisotopic (exact) mass is 327 g/mol. The second kappa shape index (κ2) is 5.12. The van der Waals surface area contributed by atoms with Gasteiger partial charge in [0.05, 0.1) is 22.1 Å². The number of rotatable bonds is 2. The van der Waals surface area contributed by atoms with Crippen LogP contribution in [-0.4, -0.2) is 16.1 Å². The second-order valence-electron chi connectivity index (χ2n) is 3.89. The van der Waals surface area contributed by atoms with E-state index in [1.54, 1.807) is 18.2 Å². The highest BCUT2D eigenvalue weighted by Gasteiger charge is 2.12. The molecule has 2 rings (SSSR count). The third-order valence-corrected chi connectivity index (χ3v) is 3.78. The highest BCUT2D eigenvalue weighted by molar-refractivity contribution is 9.10. The van der Waals surface area contributed by atoms with Gasteiger partial charge >= 0.3 is 0 Å². The molecule has 0 aliphatic rings. The van der Waals surface area contributed by atoms with Crippen LogP contribution in [0.3, 0.4) is 0 Å². The van der Waals surface area contributed by atoms with Crippen molar-refractivity contribution >= 4 is 39.1 Å². The molecule has 18 heavy (non-hydrogen) atoms. The average molecular weight is 329 g/mol. The molecule has 0 saturated carbocycles. The van der Waals surface area contributed by atoms with Crippen molar-refractivity contribution in [1.29, 1.82) is 0 Å². The third-order valence-electron chi connectivity index (χ3n) is 2.55. The molecule has 0 unspecified atom stereocenters. The first-order chi connectivity index (χ1) is 8.49. The lowest BCUT2D eigenvalue weighted by molar-refractivity contribution is 0.102. The number of hydrogen-bond donors (Lipinski definition) is 2. The first-order valence-corrected chi connectivity index (χ1v) is 6.44. The van der Waals surface area contributed by atoms with E-state index in [1.807, 2.05) is 13.8 Å². The molecule has 1 aromatic carbocycles. The summed E-state index contributed by atoms with van der Waals surface area (Å²) in [6.45, 7) is 3.68. The summed E-state index contributed by atoms with van der Waals surface area (Å²) >= 11 is 9.24. The first kappa shape index (κ1) is 13.1. The van der Waals surface area contributed by atoms with Crippen molar-refractivity contribution < 1.29 is 4.79 Å². The van der Waals surface area contributed by atoms with Crippen LogP contribution in [-0.2, 0) is 0 Å². The maximum atomic E-state index is 12.1. The normalized spacial score (nSPS) is 10.4. The Morgan fingerprint density at radius 1 is 1.44 bits per heavy atom. The van der Waals surface area contributed by atoms with Crippen molar-refractivity contribution in [1.82, 2.24) is 10.2 Å². The fourth-order valence-corrected chi connectivity index (χ4v) is 1.99. The number of amides is 1. The molecule has 0 fully saturated rings. The fourth-order valence-electron chi connectivity index (χ4n) is 1.56. The predicted molar refractivity (Wildman–Crippen MR) is 75.2 cm³/mol. The summed E-state index contributed by atoms with van der Waals surface area (Å²) in [6, 6.07) is 5.06. The molecular weight excluding hydrogens is 318 g/mol. The lowest BCUT2D eigenvalue weighted by Crippen LogP contribution is -2.12. The topological polar surface area (TPSA) is 57.8 Å². The molecule has 0 radical (unpaired) electrons. The Morgan fingerprint density at radius 2 is 2.17 bits per heavy atom. The molecule has 0 bridgehead atoms. The molecule has 2 aromatic rings. The van der Waals surface area contributed by atoms with Gasteiger partial charge in [0.2, 0.25) is 0 Å². The van der Waals surface area contributed by atoms with Gasteiger partial charge < -0.3 is 5.32 Å².